The Morgan fingerprint density at radius 1 is 1.00 bits per heavy atom. The van der Waals surface area contributed by atoms with E-state index in [1.54, 1.807) is 0 Å². The molecule has 0 N–H and O–H groups in total. The highest BCUT2D eigenvalue weighted by Gasteiger charge is 2.60. The van der Waals surface area contributed by atoms with Gasteiger partial charge in [-0.15, -0.1) is 0 Å². The second-order valence-corrected chi connectivity index (χ2v) is 15.5. The van der Waals surface area contributed by atoms with E-state index < -0.39 is 13.7 Å². The molecule has 1 aromatic carbocycles. The van der Waals surface area contributed by atoms with Crippen molar-refractivity contribution in [3.63, 3.8) is 0 Å². The molecule has 0 atom stereocenters. The Balaban J connectivity index is 1.88. The molecular weight excluding hydrogens is 408 g/mol. The Morgan fingerprint density at radius 3 is 2.04 bits per heavy atom. The molecule has 0 spiro atoms. The van der Waals surface area contributed by atoms with Gasteiger partial charge >= 0.3 is 13.7 Å². The minimum atomic E-state index is -2.75. The van der Waals surface area contributed by atoms with Crippen molar-refractivity contribution in [3.05, 3.63) is 35.9 Å². The molecule has 0 bridgehead atoms. The SMILES string of the molecule is CC1(C)COP(=S)(N(Cc2ccccc2)[P+]2(S)OCC(C)(C)CO2)OC1. The van der Waals surface area contributed by atoms with Gasteiger partial charge in [0.25, 0.3) is 0 Å². The van der Waals surface area contributed by atoms with E-state index >= 15 is 0 Å². The maximum absolute atomic E-state index is 6.17. The molecule has 9 heteroatoms. The molecule has 2 heterocycles. The molecule has 0 unspecified atom stereocenters. The molecule has 0 aliphatic carbocycles. The van der Waals surface area contributed by atoms with E-state index in [1.807, 2.05) is 22.6 Å². The second kappa shape index (κ2) is 7.70. The van der Waals surface area contributed by atoms with Crippen LogP contribution in [0, 0.1) is 10.8 Å². The molecule has 5 nitrogen and oxygen atoms in total. The molecular formula is C17H28NO4P2S2+. The summed E-state index contributed by atoms with van der Waals surface area (Å²) in [6, 6.07) is 10.1. The minimum absolute atomic E-state index is 0.0476. The first-order valence-corrected chi connectivity index (χ1v) is 14.0. The van der Waals surface area contributed by atoms with Gasteiger partial charge in [-0.3, -0.25) is 0 Å². The first kappa shape index (κ1) is 21.2. The predicted molar refractivity (Wildman–Crippen MR) is 114 cm³/mol. The largest absolute Gasteiger partial charge is 0.420 e. The number of nitrogens with zero attached hydrogens (tertiary/aromatic N) is 1. The normalized spacial score (nSPS) is 26.5. The summed E-state index contributed by atoms with van der Waals surface area (Å²) >= 11 is 10.8. The number of thiol groups is 1. The van der Waals surface area contributed by atoms with Gasteiger partial charge in [0.15, 0.2) is 0 Å². The zero-order valence-electron chi connectivity index (χ0n) is 15.8. The Labute approximate surface area is 167 Å². The van der Waals surface area contributed by atoms with Gasteiger partial charge in [-0.05, 0) is 21.8 Å². The topological polar surface area (TPSA) is 40.2 Å². The molecule has 0 saturated carbocycles. The van der Waals surface area contributed by atoms with Crippen LogP contribution in [0.2, 0.25) is 0 Å². The Bertz CT molecular complexity index is 663. The lowest BCUT2D eigenvalue weighted by molar-refractivity contribution is 0.0295. The zero-order chi connectivity index (χ0) is 19.1. The average Bonchev–Trinajstić information content (AvgIpc) is 2.60. The molecule has 0 aromatic heterocycles. The van der Waals surface area contributed by atoms with Crippen molar-refractivity contribution >= 4 is 37.8 Å². The highest BCUT2D eigenvalue weighted by Crippen LogP contribution is 2.81. The summed E-state index contributed by atoms with van der Waals surface area (Å²) in [4.78, 5) is 0. The van der Waals surface area contributed by atoms with Gasteiger partial charge in [-0.2, -0.15) is 9.05 Å². The van der Waals surface area contributed by atoms with Crippen LogP contribution < -0.4 is 0 Å². The minimum Gasteiger partial charge on any atom is -0.315 e. The van der Waals surface area contributed by atoms with Crippen molar-refractivity contribution in [3.8, 4) is 0 Å². The van der Waals surface area contributed by atoms with Crippen LogP contribution in [0.3, 0.4) is 0 Å². The first-order chi connectivity index (χ1) is 12.0. The van der Waals surface area contributed by atoms with E-state index in [0.29, 0.717) is 33.0 Å². The van der Waals surface area contributed by atoms with E-state index in [1.165, 1.54) is 0 Å². The van der Waals surface area contributed by atoms with Gasteiger partial charge in [-0.25, -0.2) is 0 Å². The summed E-state index contributed by atoms with van der Waals surface area (Å²) in [5.74, 6) is 0. The maximum atomic E-state index is 6.17. The highest BCUT2D eigenvalue weighted by molar-refractivity contribution is 8.50. The molecule has 1 aromatic rings. The van der Waals surface area contributed by atoms with E-state index in [2.05, 4.69) is 39.8 Å². The van der Waals surface area contributed by atoms with Crippen LogP contribution in [-0.2, 0) is 36.4 Å². The summed E-state index contributed by atoms with van der Waals surface area (Å²) in [5, 5.41) is 0. The van der Waals surface area contributed by atoms with Crippen LogP contribution in [0.5, 0.6) is 0 Å². The van der Waals surface area contributed by atoms with Crippen LogP contribution >= 0.6 is 26.0 Å². The van der Waals surface area contributed by atoms with E-state index in [9.17, 15) is 0 Å². The third kappa shape index (κ3) is 4.89. The van der Waals surface area contributed by atoms with Gasteiger partial charge in [0.1, 0.15) is 13.2 Å². The highest BCUT2D eigenvalue weighted by atomic mass is 32.7. The van der Waals surface area contributed by atoms with E-state index in [4.69, 9.17) is 42.2 Å². The summed E-state index contributed by atoms with van der Waals surface area (Å²) in [7, 11) is -2.67. The van der Waals surface area contributed by atoms with Crippen molar-refractivity contribution in [1.82, 2.24) is 4.44 Å². The van der Waals surface area contributed by atoms with Crippen LogP contribution in [-0.4, -0.2) is 30.9 Å². The van der Waals surface area contributed by atoms with Crippen LogP contribution in [0.15, 0.2) is 30.3 Å². The third-order valence-corrected chi connectivity index (χ3v) is 12.3. The fraction of sp³-hybridized carbons (Fsp3) is 0.647. The smallest absolute Gasteiger partial charge is 0.315 e. The summed E-state index contributed by atoms with van der Waals surface area (Å²) in [5.41, 5.74) is 0.993. The van der Waals surface area contributed by atoms with Crippen LogP contribution in [0.4, 0.5) is 0 Å². The lowest BCUT2D eigenvalue weighted by Crippen LogP contribution is -2.38. The van der Waals surface area contributed by atoms with Crippen molar-refractivity contribution in [2.75, 3.05) is 26.4 Å². The summed E-state index contributed by atoms with van der Waals surface area (Å²) < 4.78 is 26.6. The molecule has 2 fully saturated rings. The standard InChI is InChI=1S/C17H28NO4P2S2/c1-16(2)11-19-23(25,20-12-16)18(10-15-8-6-5-7-9-15)24(26)21-13-17(3,4)14-22-24/h5-9,25H,10-14H2,1-4H3/q+1. The summed E-state index contributed by atoms with van der Waals surface area (Å²) in [6.45, 7) is 8.44. The molecule has 2 aliphatic heterocycles. The Hall–Kier alpha value is 0.450. The molecule has 2 saturated heterocycles. The second-order valence-electron chi connectivity index (χ2n) is 8.40. The van der Waals surface area contributed by atoms with Crippen LogP contribution in [0.25, 0.3) is 0 Å². The van der Waals surface area contributed by atoms with Crippen molar-refractivity contribution in [2.45, 2.75) is 34.2 Å². The third-order valence-electron chi connectivity index (χ3n) is 4.23. The zero-order valence-corrected chi connectivity index (χ0v) is 19.3. The van der Waals surface area contributed by atoms with Gasteiger partial charge in [0.2, 0.25) is 0 Å². The number of rotatable bonds is 4. The lowest BCUT2D eigenvalue weighted by atomic mass is 9.97. The average molecular weight is 436 g/mol. The van der Waals surface area contributed by atoms with Gasteiger partial charge in [-0.1, -0.05) is 58.0 Å². The fourth-order valence-electron chi connectivity index (χ4n) is 2.52. The maximum Gasteiger partial charge on any atom is 0.420 e. The van der Waals surface area contributed by atoms with Crippen molar-refractivity contribution < 1.29 is 18.1 Å². The first-order valence-electron chi connectivity index (χ1n) is 8.66. The van der Waals surface area contributed by atoms with Crippen molar-refractivity contribution in [2.24, 2.45) is 10.8 Å². The van der Waals surface area contributed by atoms with E-state index in [-0.39, 0.29) is 10.8 Å². The monoisotopic (exact) mass is 436 g/mol. The fourth-order valence-corrected chi connectivity index (χ4v) is 11.0. The molecule has 2 aliphatic rings. The Morgan fingerprint density at radius 2 is 1.50 bits per heavy atom. The predicted octanol–water partition coefficient (Wildman–Crippen LogP) is 5.47. The molecule has 3 rings (SSSR count). The van der Waals surface area contributed by atoms with Crippen molar-refractivity contribution in [1.29, 1.82) is 0 Å². The van der Waals surface area contributed by atoms with Gasteiger partial charge in [0.05, 0.1) is 32.0 Å². The molecule has 146 valence electrons. The summed E-state index contributed by atoms with van der Waals surface area (Å²) in [6.07, 6.45) is 0. The number of benzene rings is 1. The van der Waals surface area contributed by atoms with Crippen LogP contribution in [0.1, 0.15) is 33.3 Å². The van der Waals surface area contributed by atoms with Gasteiger partial charge < -0.3 is 9.05 Å². The lowest BCUT2D eigenvalue weighted by Gasteiger charge is -2.43. The quantitative estimate of drug-likeness (QED) is 0.499. The molecule has 0 amide bonds. The van der Waals surface area contributed by atoms with Gasteiger partial charge in [0, 0.05) is 10.8 Å². The number of hydrogen-bond acceptors (Lipinski definition) is 6. The molecule has 26 heavy (non-hydrogen) atoms. The number of hydrogen-bond donors (Lipinski definition) is 1. The van der Waals surface area contributed by atoms with E-state index in [0.717, 1.165) is 5.56 Å². The Kier molecular flexibility index (Phi) is 6.27. The molecule has 0 radical (unpaired) electrons.